The van der Waals surface area contributed by atoms with Crippen LogP contribution >= 0.6 is 0 Å². The first-order valence-corrected chi connectivity index (χ1v) is 6.79. The molecule has 100 valence electrons. The highest BCUT2D eigenvalue weighted by molar-refractivity contribution is 5.66. The van der Waals surface area contributed by atoms with E-state index < -0.39 is 5.97 Å². The van der Waals surface area contributed by atoms with Crippen molar-refractivity contribution in [1.82, 2.24) is 10.2 Å². The van der Waals surface area contributed by atoms with Crippen molar-refractivity contribution in [1.29, 1.82) is 0 Å². The molecule has 0 aliphatic carbocycles. The number of hydrogen-bond donors (Lipinski definition) is 2. The van der Waals surface area contributed by atoms with Crippen LogP contribution in [0.2, 0.25) is 0 Å². The van der Waals surface area contributed by atoms with E-state index in [9.17, 15) is 4.79 Å². The number of hydrogen-bond acceptors (Lipinski definition) is 3. The van der Waals surface area contributed by atoms with Crippen LogP contribution in [0.3, 0.4) is 0 Å². The van der Waals surface area contributed by atoms with Crippen LogP contribution in [0.25, 0.3) is 0 Å². The molecule has 0 radical (unpaired) electrons. The Morgan fingerprint density at radius 3 is 2.53 bits per heavy atom. The van der Waals surface area contributed by atoms with Gasteiger partial charge in [-0.2, -0.15) is 0 Å². The van der Waals surface area contributed by atoms with Crippen molar-refractivity contribution in [3.05, 3.63) is 0 Å². The normalized spacial score (nSPS) is 21.1. The van der Waals surface area contributed by atoms with Crippen LogP contribution in [0.1, 0.15) is 46.0 Å². The van der Waals surface area contributed by atoms with Crippen LogP contribution in [-0.2, 0) is 4.79 Å². The molecular weight excluding hydrogens is 216 g/mol. The number of aliphatic carboxylic acids is 1. The summed E-state index contributed by atoms with van der Waals surface area (Å²) in [5, 5.41) is 12.0. The third-order valence-corrected chi connectivity index (χ3v) is 3.57. The minimum absolute atomic E-state index is 0.256. The lowest BCUT2D eigenvalue weighted by atomic mass is 10.1. The molecule has 0 aromatic rings. The Labute approximate surface area is 104 Å². The van der Waals surface area contributed by atoms with Crippen molar-refractivity contribution < 1.29 is 9.90 Å². The molecule has 4 heteroatoms. The molecule has 0 saturated carbocycles. The van der Waals surface area contributed by atoms with Crippen molar-refractivity contribution in [3.63, 3.8) is 0 Å². The van der Waals surface area contributed by atoms with E-state index in [4.69, 9.17) is 5.11 Å². The third kappa shape index (κ3) is 6.03. The smallest absolute Gasteiger partial charge is 0.303 e. The van der Waals surface area contributed by atoms with Gasteiger partial charge in [-0.05, 0) is 46.2 Å². The lowest BCUT2D eigenvalue weighted by Crippen LogP contribution is -2.45. The summed E-state index contributed by atoms with van der Waals surface area (Å²) in [6.45, 7) is 7.70. The molecule has 0 aromatic carbocycles. The minimum atomic E-state index is -0.706. The number of carbonyl (C=O) groups is 1. The van der Waals surface area contributed by atoms with Gasteiger partial charge in [0.15, 0.2) is 0 Å². The minimum Gasteiger partial charge on any atom is -0.481 e. The Morgan fingerprint density at radius 1 is 1.29 bits per heavy atom. The van der Waals surface area contributed by atoms with Gasteiger partial charge in [0.2, 0.25) is 0 Å². The standard InChI is InChI=1S/C13H26N2O2/c1-11(6-7-13(16)17)14-10-12(2)15-8-4-3-5-9-15/h11-12,14H,3-10H2,1-2H3,(H,16,17). The van der Waals surface area contributed by atoms with E-state index in [2.05, 4.69) is 24.1 Å². The van der Waals surface area contributed by atoms with Crippen LogP contribution in [0, 0.1) is 0 Å². The number of carboxylic acid groups (broad SMARTS) is 1. The lowest BCUT2D eigenvalue weighted by Gasteiger charge is -2.33. The van der Waals surface area contributed by atoms with Crippen LogP contribution in [-0.4, -0.2) is 47.7 Å². The summed E-state index contributed by atoms with van der Waals surface area (Å²) in [4.78, 5) is 13.0. The van der Waals surface area contributed by atoms with Gasteiger partial charge in [-0.3, -0.25) is 9.69 Å². The number of likely N-dealkylation sites (tertiary alicyclic amines) is 1. The van der Waals surface area contributed by atoms with Gasteiger partial charge in [-0.25, -0.2) is 0 Å². The van der Waals surface area contributed by atoms with Crippen molar-refractivity contribution in [2.75, 3.05) is 19.6 Å². The topological polar surface area (TPSA) is 52.6 Å². The van der Waals surface area contributed by atoms with Gasteiger partial charge in [0.25, 0.3) is 0 Å². The Hall–Kier alpha value is -0.610. The maximum absolute atomic E-state index is 10.5. The van der Waals surface area contributed by atoms with E-state index in [-0.39, 0.29) is 6.42 Å². The molecule has 2 unspecified atom stereocenters. The molecule has 2 N–H and O–H groups in total. The molecule has 1 rings (SSSR count). The molecule has 1 aliphatic heterocycles. The second-order valence-corrected chi connectivity index (χ2v) is 5.19. The zero-order chi connectivity index (χ0) is 12.7. The molecule has 4 nitrogen and oxygen atoms in total. The van der Waals surface area contributed by atoms with Crippen LogP contribution in [0.4, 0.5) is 0 Å². The first-order chi connectivity index (χ1) is 8.09. The molecule has 0 bridgehead atoms. The first kappa shape index (κ1) is 14.5. The van der Waals surface area contributed by atoms with E-state index in [1.54, 1.807) is 0 Å². The molecule has 2 atom stereocenters. The Balaban J connectivity index is 2.13. The molecule has 1 heterocycles. The van der Waals surface area contributed by atoms with Crippen molar-refractivity contribution in [2.24, 2.45) is 0 Å². The van der Waals surface area contributed by atoms with Crippen molar-refractivity contribution >= 4 is 5.97 Å². The highest BCUT2D eigenvalue weighted by Crippen LogP contribution is 2.11. The highest BCUT2D eigenvalue weighted by atomic mass is 16.4. The summed E-state index contributed by atoms with van der Waals surface area (Å²) >= 11 is 0. The third-order valence-electron chi connectivity index (χ3n) is 3.57. The quantitative estimate of drug-likeness (QED) is 0.713. The van der Waals surface area contributed by atoms with Crippen molar-refractivity contribution in [3.8, 4) is 0 Å². The summed E-state index contributed by atoms with van der Waals surface area (Å²) in [7, 11) is 0. The van der Waals surface area contributed by atoms with Gasteiger partial charge in [-0.15, -0.1) is 0 Å². The van der Waals surface area contributed by atoms with E-state index >= 15 is 0 Å². The molecular formula is C13H26N2O2. The number of piperidine rings is 1. The largest absolute Gasteiger partial charge is 0.481 e. The zero-order valence-electron chi connectivity index (χ0n) is 11.1. The molecule has 0 amide bonds. The van der Waals surface area contributed by atoms with Crippen LogP contribution in [0.5, 0.6) is 0 Å². The summed E-state index contributed by atoms with van der Waals surface area (Å²) in [5.74, 6) is -0.706. The number of nitrogens with zero attached hydrogens (tertiary/aromatic N) is 1. The molecule has 1 fully saturated rings. The van der Waals surface area contributed by atoms with Crippen LogP contribution in [0.15, 0.2) is 0 Å². The molecule has 0 spiro atoms. The van der Waals surface area contributed by atoms with Gasteiger partial charge in [0.05, 0.1) is 0 Å². The van der Waals surface area contributed by atoms with E-state index in [0.29, 0.717) is 18.5 Å². The SMILES string of the molecule is CC(CCC(=O)O)NCC(C)N1CCCCC1. The maximum atomic E-state index is 10.5. The van der Waals surface area contributed by atoms with Crippen molar-refractivity contribution in [2.45, 2.75) is 58.0 Å². The fourth-order valence-corrected chi connectivity index (χ4v) is 2.30. The molecule has 1 saturated heterocycles. The lowest BCUT2D eigenvalue weighted by molar-refractivity contribution is -0.137. The fourth-order valence-electron chi connectivity index (χ4n) is 2.30. The van der Waals surface area contributed by atoms with Crippen LogP contribution < -0.4 is 5.32 Å². The second kappa shape index (κ2) is 7.67. The van der Waals surface area contributed by atoms with Gasteiger partial charge in [-0.1, -0.05) is 6.42 Å². The number of rotatable bonds is 7. The Kier molecular flexibility index (Phi) is 6.52. The summed E-state index contributed by atoms with van der Waals surface area (Å²) in [5.41, 5.74) is 0. The molecule has 1 aliphatic rings. The average Bonchev–Trinajstić information content (AvgIpc) is 2.34. The van der Waals surface area contributed by atoms with Gasteiger partial charge < -0.3 is 10.4 Å². The highest BCUT2D eigenvalue weighted by Gasteiger charge is 2.16. The Morgan fingerprint density at radius 2 is 1.94 bits per heavy atom. The van der Waals surface area contributed by atoms with E-state index in [0.717, 1.165) is 6.54 Å². The maximum Gasteiger partial charge on any atom is 0.303 e. The van der Waals surface area contributed by atoms with Gasteiger partial charge >= 0.3 is 5.97 Å². The monoisotopic (exact) mass is 242 g/mol. The second-order valence-electron chi connectivity index (χ2n) is 5.19. The summed E-state index contributed by atoms with van der Waals surface area (Å²) in [6.07, 6.45) is 4.97. The fraction of sp³-hybridized carbons (Fsp3) is 0.923. The predicted molar refractivity (Wildman–Crippen MR) is 69.2 cm³/mol. The summed E-state index contributed by atoms with van der Waals surface area (Å²) < 4.78 is 0. The first-order valence-electron chi connectivity index (χ1n) is 6.79. The Bertz CT molecular complexity index is 227. The van der Waals surface area contributed by atoms with E-state index in [1.807, 2.05) is 0 Å². The summed E-state index contributed by atoms with van der Waals surface area (Å²) in [6, 6.07) is 0.848. The molecule has 0 aromatic heterocycles. The van der Waals surface area contributed by atoms with Gasteiger partial charge in [0.1, 0.15) is 0 Å². The average molecular weight is 242 g/mol. The number of carboxylic acids is 1. The molecule has 17 heavy (non-hydrogen) atoms. The van der Waals surface area contributed by atoms with E-state index in [1.165, 1.54) is 32.4 Å². The predicted octanol–water partition coefficient (Wildman–Crippen LogP) is 1.70. The number of nitrogens with one attached hydrogen (secondary N) is 1. The zero-order valence-corrected chi connectivity index (χ0v) is 11.1. The van der Waals surface area contributed by atoms with Gasteiger partial charge in [0, 0.05) is 25.0 Å².